The van der Waals surface area contributed by atoms with Crippen LogP contribution in [0, 0.1) is 12.7 Å². The first-order valence-electron chi connectivity index (χ1n) is 3.58. The summed E-state index contributed by atoms with van der Waals surface area (Å²) in [5.41, 5.74) is -0.449. The quantitative estimate of drug-likeness (QED) is 0.661. The van der Waals surface area contributed by atoms with Crippen LogP contribution in [0.4, 0.5) is 4.39 Å². The van der Waals surface area contributed by atoms with Crippen LogP contribution in [-0.2, 0) is 0 Å². The highest BCUT2D eigenvalue weighted by Gasteiger charge is 2.01. The summed E-state index contributed by atoms with van der Waals surface area (Å²) in [4.78, 5) is 0. The molecule has 0 bridgehead atoms. The van der Waals surface area contributed by atoms with Crippen LogP contribution in [-0.4, -0.2) is 5.56 Å². The molecule has 1 aromatic carbocycles. The second-order valence-corrected chi connectivity index (χ2v) is 2.76. The van der Waals surface area contributed by atoms with Crippen molar-refractivity contribution >= 4 is 11.6 Å². The van der Waals surface area contributed by atoms with Gasteiger partial charge in [-0.2, -0.15) is 0 Å². The monoisotopic (exact) mass is 187 g/mol. The lowest BCUT2D eigenvalue weighted by Gasteiger charge is -2.09. The lowest BCUT2D eigenvalue weighted by atomic mass is 10.3. The zero-order valence-corrected chi connectivity index (χ0v) is 7.22. The van der Waals surface area contributed by atoms with Gasteiger partial charge in [0.1, 0.15) is 11.6 Å². The molecular formula is C9H9ClFO. The van der Waals surface area contributed by atoms with Crippen LogP contribution < -0.4 is 4.74 Å². The third kappa shape index (κ3) is 2.70. The summed E-state index contributed by atoms with van der Waals surface area (Å²) in [6.07, 6.45) is 0.471. The Hall–Kier alpha value is -0.760. The van der Waals surface area contributed by atoms with E-state index in [9.17, 15) is 4.39 Å². The van der Waals surface area contributed by atoms with E-state index >= 15 is 0 Å². The van der Waals surface area contributed by atoms with E-state index in [-0.39, 0.29) is 5.82 Å². The van der Waals surface area contributed by atoms with E-state index in [2.05, 4.69) is 6.92 Å². The van der Waals surface area contributed by atoms with Gasteiger partial charge in [-0.05, 0) is 37.6 Å². The second-order valence-electron chi connectivity index (χ2n) is 2.27. The van der Waals surface area contributed by atoms with Crippen LogP contribution in [0.2, 0.25) is 0 Å². The number of rotatable bonds is 3. The molecule has 1 nitrogen and oxygen atoms in total. The predicted molar refractivity (Wildman–Crippen MR) is 46.6 cm³/mol. The molecule has 0 aliphatic heterocycles. The van der Waals surface area contributed by atoms with Crippen LogP contribution in [0.1, 0.15) is 6.42 Å². The van der Waals surface area contributed by atoms with Crippen molar-refractivity contribution in [2.45, 2.75) is 12.0 Å². The number of benzene rings is 1. The number of hydrogen-bond donors (Lipinski definition) is 0. The normalized spacial score (nSPS) is 12.6. The molecule has 1 radical (unpaired) electrons. The first-order valence-corrected chi connectivity index (χ1v) is 4.01. The van der Waals surface area contributed by atoms with Crippen LogP contribution in [0.3, 0.4) is 0 Å². The maximum absolute atomic E-state index is 12.4. The molecule has 0 amide bonds. The van der Waals surface area contributed by atoms with Gasteiger partial charge in [0, 0.05) is 0 Å². The lowest BCUT2D eigenvalue weighted by Crippen LogP contribution is -2.06. The van der Waals surface area contributed by atoms with E-state index in [0.717, 1.165) is 0 Å². The van der Waals surface area contributed by atoms with Crippen molar-refractivity contribution in [2.24, 2.45) is 0 Å². The largest absolute Gasteiger partial charge is 0.475 e. The first-order chi connectivity index (χ1) is 5.72. The lowest BCUT2D eigenvalue weighted by molar-refractivity contribution is 0.284. The molecule has 65 valence electrons. The molecule has 0 aliphatic carbocycles. The van der Waals surface area contributed by atoms with Gasteiger partial charge in [-0.3, -0.25) is 0 Å². The fourth-order valence-corrected chi connectivity index (χ4v) is 0.823. The predicted octanol–water partition coefficient (Wildman–Crippen LogP) is 2.99. The van der Waals surface area contributed by atoms with Gasteiger partial charge in [0.05, 0.1) is 0 Å². The highest BCUT2D eigenvalue weighted by molar-refractivity contribution is 6.19. The molecule has 1 atom stereocenters. The molecule has 0 N–H and O–H groups in total. The van der Waals surface area contributed by atoms with Gasteiger partial charge < -0.3 is 4.74 Å². The number of halogens is 2. The molecule has 0 fully saturated rings. The minimum Gasteiger partial charge on any atom is -0.475 e. The van der Waals surface area contributed by atoms with Gasteiger partial charge in [0.15, 0.2) is 5.56 Å². The van der Waals surface area contributed by atoms with Gasteiger partial charge in [0.2, 0.25) is 0 Å². The standard InChI is InChI=1S/C9H9ClFO/c1-2-9(10)12-8-5-3-7(11)4-6-8/h3-6,9H,1-2H2. The molecule has 1 aromatic rings. The molecule has 0 aromatic heterocycles. The van der Waals surface area contributed by atoms with Crippen molar-refractivity contribution in [2.75, 3.05) is 0 Å². The molecule has 3 heteroatoms. The van der Waals surface area contributed by atoms with Gasteiger partial charge in [-0.15, -0.1) is 0 Å². The number of hydrogen-bond acceptors (Lipinski definition) is 1. The molecule has 0 spiro atoms. The average molecular weight is 188 g/mol. The Kier molecular flexibility index (Phi) is 3.35. The van der Waals surface area contributed by atoms with Gasteiger partial charge in [-0.25, -0.2) is 4.39 Å². The Morgan fingerprint density at radius 3 is 2.50 bits per heavy atom. The summed E-state index contributed by atoms with van der Waals surface area (Å²) in [6, 6.07) is 5.70. The van der Waals surface area contributed by atoms with E-state index in [1.165, 1.54) is 24.3 Å². The second kappa shape index (κ2) is 4.31. The highest BCUT2D eigenvalue weighted by Crippen LogP contribution is 2.15. The van der Waals surface area contributed by atoms with Gasteiger partial charge in [0.25, 0.3) is 0 Å². The Bertz CT molecular complexity index is 235. The molecule has 0 heterocycles. The zero-order valence-electron chi connectivity index (χ0n) is 6.47. The molecule has 0 aliphatic rings. The van der Waals surface area contributed by atoms with E-state index in [4.69, 9.17) is 16.3 Å². The fraction of sp³-hybridized carbons (Fsp3) is 0.222. The Morgan fingerprint density at radius 2 is 2.00 bits per heavy atom. The summed E-state index contributed by atoms with van der Waals surface area (Å²) in [5, 5.41) is 0. The fourth-order valence-electron chi connectivity index (χ4n) is 0.720. The zero-order chi connectivity index (χ0) is 8.97. The molecule has 1 rings (SSSR count). The third-order valence-electron chi connectivity index (χ3n) is 1.30. The summed E-state index contributed by atoms with van der Waals surface area (Å²) < 4.78 is 17.6. The van der Waals surface area contributed by atoms with Crippen LogP contribution in [0.15, 0.2) is 24.3 Å². The molecule has 12 heavy (non-hydrogen) atoms. The van der Waals surface area contributed by atoms with E-state index in [1.807, 2.05) is 0 Å². The topological polar surface area (TPSA) is 9.23 Å². The SMILES string of the molecule is [CH2]CC(Cl)Oc1ccc(F)cc1. The van der Waals surface area contributed by atoms with Crippen molar-refractivity contribution < 1.29 is 9.13 Å². The Morgan fingerprint density at radius 1 is 1.42 bits per heavy atom. The van der Waals surface area contributed by atoms with Crippen LogP contribution >= 0.6 is 11.6 Å². The van der Waals surface area contributed by atoms with E-state index in [1.54, 1.807) is 0 Å². The maximum atomic E-state index is 12.4. The summed E-state index contributed by atoms with van der Waals surface area (Å²) in [5.74, 6) is 0.267. The van der Waals surface area contributed by atoms with Crippen LogP contribution in [0.25, 0.3) is 0 Å². The Labute approximate surface area is 76.1 Å². The molecular weight excluding hydrogens is 179 g/mol. The third-order valence-corrected chi connectivity index (χ3v) is 1.61. The van der Waals surface area contributed by atoms with Gasteiger partial charge in [-0.1, -0.05) is 11.6 Å². The van der Waals surface area contributed by atoms with Crippen molar-refractivity contribution in [1.82, 2.24) is 0 Å². The summed E-state index contributed by atoms with van der Waals surface area (Å²) in [6.45, 7) is 3.57. The van der Waals surface area contributed by atoms with E-state index < -0.39 is 5.56 Å². The summed E-state index contributed by atoms with van der Waals surface area (Å²) in [7, 11) is 0. The minimum atomic E-state index is -0.449. The van der Waals surface area contributed by atoms with Crippen molar-refractivity contribution in [1.29, 1.82) is 0 Å². The first kappa shape index (κ1) is 9.33. The number of alkyl halides is 1. The van der Waals surface area contributed by atoms with Crippen molar-refractivity contribution in [3.63, 3.8) is 0 Å². The smallest absolute Gasteiger partial charge is 0.172 e. The highest BCUT2D eigenvalue weighted by atomic mass is 35.5. The minimum absolute atomic E-state index is 0.289. The Balaban J connectivity index is 2.58. The maximum Gasteiger partial charge on any atom is 0.172 e. The molecule has 0 saturated heterocycles. The van der Waals surface area contributed by atoms with Crippen LogP contribution in [0.5, 0.6) is 5.75 Å². The number of ether oxygens (including phenoxy) is 1. The average Bonchev–Trinajstić information content (AvgIpc) is 2.09. The van der Waals surface area contributed by atoms with Gasteiger partial charge >= 0.3 is 0 Å². The summed E-state index contributed by atoms with van der Waals surface area (Å²) >= 11 is 5.66. The van der Waals surface area contributed by atoms with Crippen molar-refractivity contribution in [3.8, 4) is 5.75 Å². The molecule has 0 saturated carbocycles. The molecule has 1 unspecified atom stereocenters. The van der Waals surface area contributed by atoms with Crippen molar-refractivity contribution in [3.05, 3.63) is 37.0 Å². The van der Waals surface area contributed by atoms with E-state index in [0.29, 0.717) is 12.2 Å².